The predicted octanol–water partition coefficient (Wildman–Crippen LogP) is 3.36. The summed E-state index contributed by atoms with van der Waals surface area (Å²) >= 11 is 1.99. The Bertz CT molecular complexity index is 389. The summed E-state index contributed by atoms with van der Waals surface area (Å²) in [6.45, 7) is 0. The van der Waals surface area contributed by atoms with Crippen LogP contribution in [0.5, 0.6) is 5.75 Å². The molecule has 1 fully saturated rings. The third-order valence-corrected chi connectivity index (χ3v) is 4.68. The van der Waals surface area contributed by atoms with Crippen molar-refractivity contribution < 1.29 is 4.74 Å². The summed E-state index contributed by atoms with van der Waals surface area (Å²) in [6, 6.07) is 6.40. The van der Waals surface area contributed by atoms with Gasteiger partial charge in [-0.2, -0.15) is 11.8 Å². The van der Waals surface area contributed by atoms with Crippen molar-refractivity contribution in [3.63, 3.8) is 0 Å². The number of benzene rings is 1. The largest absolute Gasteiger partial charge is 0.497 e. The number of anilines is 2. The van der Waals surface area contributed by atoms with Crippen LogP contribution in [0.2, 0.25) is 0 Å². The smallest absolute Gasteiger partial charge is 0.122 e. The Hall–Kier alpha value is -1.03. The highest BCUT2D eigenvalue weighted by atomic mass is 32.2. The van der Waals surface area contributed by atoms with E-state index in [0.29, 0.717) is 6.04 Å². The Kier molecular flexibility index (Phi) is 4.64. The number of nitrogens with two attached hydrogens (primary N) is 1. The quantitative estimate of drug-likeness (QED) is 0.820. The van der Waals surface area contributed by atoms with Crippen LogP contribution in [0, 0.1) is 0 Å². The summed E-state index contributed by atoms with van der Waals surface area (Å²) in [5.41, 5.74) is 7.67. The van der Waals surface area contributed by atoms with E-state index in [4.69, 9.17) is 10.5 Å². The van der Waals surface area contributed by atoms with Gasteiger partial charge in [0.15, 0.2) is 0 Å². The molecule has 2 rings (SSSR count). The van der Waals surface area contributed by atoms with E-state index >= 15 is 0 Å². The van der Waals surface area contributed by atoms with Crippen LogP contribution in [0.15, 0.2) is 18.2 Å². The minimum absolute atomic E-state index is 0.569. The van der Waals surface area contributed by atoms with E-state index < -0.39 is 0 Å². The van der Waals surface area contributed by atoms with Crippen LogP contribution in [-0.4, -0.2) is 24.7 Å². The van der Waals surface area contributed by atoms with Crippen LogP contribution in [0.4, 0.5) is 11.4 Å². The maximum atomic E-state index is 5.86. The van der Waals surface area contributed by atoms with Crippen molar-refractivity contribution in [2.75, 3.05) is 24.4 Å². The first-order valence-corrected chi connectivity index (χ1v) is 7.74. The molecule has 0 saturated heterocycles. The number of rotatable bonds is 4. The molecule has 0 radical (unpaired) electrons. The maximum absolute atomic E-state index is 5.86. The summed E-state index contributed by atoms with van der Waals surface area (Å²) < 4.78 is 5.24. The fourth-order valence-electron chi connectivity index (χ4n) is 2.50. The molecule has 1 aliphatic carbocycles. The summed E-state index contributed by atoms with van der Waals surface area (Å²) in [4.78, 5) is 0. The monoisotopic (exact) mass is 266 g/mol. The third kappa shape index (κ3) is 3.48. The normalized spacial score (nSPS) is 23.7. The average Bonchev–Trinajstić information content (AvgIpc) is 2.39. The van der Waals surface area contributed by atoms with Gasteiger partial charge in [-0.3, -0.25) is 0 Å². The minimum Gasteiger partial charge on any atom is -0.497 e. The number of ether oxygens (including phenoxy) is 1. The first-order chi connectivity index (χ1) is 8.71. The van der Waals surface area contributed by atoms with Crippen molar-refractivity contribution in [2.45, 2.75) is 37.0 Å². The lowest BCUT2D eigenvalue weighted by atomic mass is 9.95. The van der Waals surface area contributed by atoms with Gasteiger partial charge in [-0.1, -0.05) is 0 Å². The van der Waals surface area contributed by atoms with Gasteiger partial charge in [-0.15, -0.1) is 0 Å². The lowest BCUT2D eigenvalue weighted by molar-refractivity contribution is 0.415. The molecule has 18 heavy (non-hydrogen) atoms. The molecule has 0 aromatic heterocycles. The number of thioether (sulfide) groups is 1. The molecule has 0 spiro atoms. The van der Waals surface area contributed by atoms with E-state index in [1.165, 1.54) is 25.7 Å². The number of hydrogen-bond acceptors (Lipinski definition) is 4. The highest BCUT2D eigenvalue weighted by Gasteiger charge is 2.20. The van der Waals surface area contributed by atoms with Gasteiger partial charge in [0, 0.05) is 34.8 Å². The Labute approximate surface area is 113 Å². The summed E-state index contributed by atoms with van der Waals surface area (Å²) in [5.74, 6) is 0.815. The minimum atomic E-state index is 0.569. The fraction of sp³-hybridized carbons (Fsp3) is 0.571. The van der Waals surface area contributed by atoms with Crippen LogP contribution in [-0.2, 0) is 0 Å². The number of nitrogen functional groups attached to an aromatic ring is 1. The van der Waals surface area contributed by atoms with Crippen LogP contribution in [0.1, 0.15) is 25.7 Å². The van der Waals surface area contributed by atoms with E-state index in [1.54, 1.807) is 7.11 Å². The molecule has 1 aromatic rings. The fourth-order valence-corrected chi connectivity index (χ4v) is 3.25. The molecule has 0 heterocycles. The molecule has 3 N–H and O–H groups in total. The molecule has 3 nitrogen and oxygen atoms in total. The number of methoxy groups -OCH3 is 1. The van der Waals surface area contributed by atoms with Crippen molar-refractivity contribution in [1.29, 1.82) is 0 Å². The van der Waals surface area contributed by atoms with Gasteiger partial charge in [-0.05, 0) is 38.0 Å². The summed E-state index contributed by atoms with van der Waals surface area (Å²) in [7, 11) is 1.67. The molecule has 0 unspecified atom stereocenters. The van der Waals surface area contributed by atoms with Crippen molar-refractivity contribution in [2.24, 2.45) is 0 Å². The number of nitrogens with one attached hydrogen (secondary N) is 1. The topological polar surface area (TPSA) is 47.3 Å². The zero-order valence-corrected chi connectivity index (χ0v) is 11.9. The van der Waals surface area contributed by atoms with E-state index in [1.807, 2.05) is 30.0 Å². The molecule has 0 bridgehead atoms. The van der Waals surface area contributed by atoms with Crippen molar-refractivity contribution in [3.8, 4) is 5.75 Å². The molecule has 0 aliphatic heterocycles. The third-order valence-electron chi connectivity index (χ3n) is 3.54. The first-order valence-electron chi connectivity index (χ1n) is 6.45. The molecule has 0 amide bonds. The van der Waals surface area contributed by atoms with Gasteiger partial charge in [0.2, 0.25) is 0 Å². The lowest BCUT2D eigenvalue weighted by Gasteiger charge is -2.29. The Balaban J connectivity index is 1.95. The zero-order chi connectivity index (χ0) is 13.0. The molecule has 4 heteroatoms. The molecule has 100 valence electrons. The van der Waals surface area contributed by atoms with Crippen LogP contribution in [0.3, 0.4) is 0 Å². The van der Waals surface area contributed by atoms with E-state index in [2.05, 4.69) is 11.6 Å². The lowest BCUT2D eigenvalue weighted by Crippen LogP contribution is -2.27. The van der Waals surface area contributed by atoms with E-state index in [-0.39, 0.29) is 0 Å². The number of hydrogen-bond donors (Lipinski definition) is 2. The van der Waals surface area contributed by atoms with Gasteiger partial charge in [0.25, 0.3) is 0 Å². The van der Waals surface area contributed by atoms with Gasteiger partial charge in [-0.25, -0.2) is 0 Å². The second kappa shape index (κ2) is 6.23. The van der Waals surface area contributed by atoms with Crippen LogP contribution in [0.25, 0.3) is 0 Å². The van der Waals surface area contributed by atoms with Gasteiger partial charge in [0.05, 0.1) is 7.11 Å². The van der Waals surface area contributed by atoms with E-state index in [0.717, 1.165) is 22.4 Å². The second-order valence-corrected chi connectivity index (χ2v) is 5.99. The molecular weight excluding hydrogens is 244 g/mol. The zero-order valence-electron chi connectivity index (χ0n) is 11.1. The van der Waals surface area contributed by atoms with E-state index in [9.17, 15) is 0 Å². The first kappa shape index (κ1) is 13.4. The predicted molar refractivity (Wildman–Crippen MR) is 80.6 cm³/mol. The average molecular weight is 266 g/mol. The Morgan fingerprint density at radius 2 is 1.94 bits per heavy atom. The maximum Gasteiger partial charge on any atom is 0.122 e. The Morgan fingerprint density at radius 1 is 1.22 bits per heavy atom. The molecule has 0 atom stereocenters. The Morgan fingerprint density at radius 3 is 2.56 bits per heavy atom. The van der Waals surface area contributed by atoms with Crippen LogP contribution >= 0.6 is 11.8 Å². The highest BCUT2D eigenvalue weighted by molar-refractivity contribution is 7.99. The van der Waals surface area contributed by atoms with Gasteiger partial charge in [0.1, 0.15) is 5.75 Å². The van der Waals surface area contributed by atoms with Gasteiger partial charge < -0.3 is 15.8 Å². The SMILES string of the molecule is COc1cc(N)cc(NC2CCC(SC)CC2)c1. The molecule has 1 saturated carbocycles. The molecular formula is C14H22N2OS. The van der Waals surface area contributed by atoms with Gasteiger partial charge >= 0.3 is 0 Å². The molecule has 1 aromatic carbocycles. The highest BCUT2D eigenvalue weighted by Crippen LogP contribution is 2.30. The summed E-state index contributed by atoms with van der Waals surface area (Å²) in [5, 5.41) is 4.42. The second-order valence-electron chi connectivity index (χ2n) is 4.85. The van der Waals surface area contributed by atoms with Crippen molar-refractivity contribution in [3.05, 3.63) is 18.2 Å². The van der Waals surface area contributed by atoms with Crippen molar-refractivity contribution >= 4 is 23.1 Å². The standard InChI is InChI=1S/C14H22N2OS/c1-17-13-8-10(15)7-12(9-13)16-11-3-5-14(18-2)6-4-11/h7-9,11,14,16H,3-6,15H2,1-2H3. The van der Waals surface area contributed by atoms with Crippen LogP contribution < -0.4 is 15.8 Å². The van der Waals surface area contributed by atoms with Crippen molar-refractivity contribution in [1.82, 2.24) is 0 Å². The molecule has 1 aliphatic rings. The summed E-state index contributed by atoms with van der Waals surface area (Å²) in [6.07, 6.45) is 7.29.